The van der Waals surface area contributed by atoms with Gasteiger partial charge in [-0.1, -0.05) is 24.3 Å². The van der Waals surface area contributed by atoms with Gasteiger partial charge in [0.15, 0.2) is 0 Å². The predicted molar refractivity (Wildman–Crippen MR) is 93.5 cm³/mol. The standard InChI is InChI=1S/C20H20FNO4/c1-12-4-2-3-5-15(12)16-10-17(16)19(23)22-11-18(20(24)25)26-14-8-6-13(21)7-9-14/h2-9,16-18H,10-11H2,1H3,(H,22,23)(H,24,25). The first-order valence-corrected chi connectivity index (χ1v) is 8.44. The molecule has 3 rings (SSSR count). The van der Waals surface area contributed by atoms with Gasteiger partial charge in [0, 0.05) is 5.92 Å². The van der Waals surface area contributed by atoms with Crippen molar-refractivity contribution in [3.05, 3.63) is 65.5 Å². The summed E-state index contributed by atoms with van der Waals surface area (Å²) < 4.78 is 18.2. The van der Waals surface area contributed by atoms with Crippen LogP contribution in [0.2, 0.25) is 0 Å². The van der Waals surface area contributed by atoms with Crippen LogP contribution in [0.3, 0.4) is 0 Å². The summed E-state index contributed by atoms with van der Waals surface area (Å²) in [5.41, 5.74) is 2.31. The molecule has 3 unspecified atom stereocenters. The molecule has 1 fully saturated rings. The van der Waals surface area contributed by atoms with E-state index in [0.29, 0.717) is 0 Å². The Morgan fingerprint density at radius 3 is 2.58 bits per heavy atom. The van der Waals surface area contributed by atoms with Gasteiger partial charge >= 0.3 is 5.97 Å². The lowest BCUT2D eigenvalue weighted by atomic mass is 10.0. The third-order valence-electron chi connectivity index (χ3n) is 4.54. The molecular formula is C20H20FNO4. The van der Waals surface area contributed by atoms with Crippen molar-refractivity contribution in [2.75, 3.05) is 6.54 Å². The van der Waals surface area contributed by atoms with Gasteiger partial charge in [-0.15, -0.1) is 0 Å². The van der Waals surface area contributed by atoms with Crippen LogP contribution in [0.15, 0.2) is 48.5 Å². The summed E-state index contributed by atoms with van der Waals surface area (Å²) in [5, 5.41) is 11.9. The Hall–Kier alpha value is -2.89. The van der Waals surface area contributed by atoms with Crippen LogP contribution in [0.4, 0.5) is 4.39 Å². The zero-order valence-electron chi connectivity index (χ0n) is 14.3. The van der Waals surface area contributed by atoms with Crippen LogP contribution in [0.25, 0.3) is 0 Å². The number of rotatable bonds is 7. The van der Waals surface area contributed by atoms with Crippen molar-refractivity contribution < 1.29 is 23.8 Å². The van der Waals surface area contributed by atoms with Crippen LogP contribution < -0.4 is 10.1 Å². The fourth-order valence-corrected chi connectivity index (χ4v) is 3.01. The lowest BCUT2D eigenvalue weighted by Gasteiger charge is -2.16. The fraction of sp³-hybridized carbons (Fsp3) is 0.300. The average Bonchev–Trinajstić information content (AvgIpc) is 3.40. The summed E-state index contributed by atoms with van der Waals surface area (Å²) in [6.45, 7) is 1.86. The van der Waals surface area contributed by atoms with Gasteiger partial charge in [0.2, 0.25) is 12.0 Å². The maximum atomic E-state index is 12.9. The second-order valence-electron chi connectivity index (χ2n) is 6.45. The second kappa shape index (κ2) is 7.56. The number of amides is 1. The van der Waals surface area contributed by atoms with E-state index in [1.54, 1.807) is 0 Å². The van der Waals surface area contributed by atoms with Crippen molar-refractivity contribution in [2.24, 2.45) is 5.92 Å². The zero-order valence-corrected chi connectivity index (χ0v) is 14.3. The molecule has 0 bridgehead atoms. The summed E-state index contributed by atoms with van der Waals surface area (Å²) in [4.78, 5) is 23.7. The number of nitrogens with one attached hydrogen (secondary N) is 1. The molecule has 0 saturated heterocycles. The third-order valence-corrected chi connectivity index (χ3v) is 4.54. The number of carbonyl (C=O) groups excluding carboxylic acids is 1. The Bertz CT molecular complexity index is 806. The molecule has 2 N–H and O–H groups in total. The van der Waals surface area contributed by atoms with E-state index in [0.717, 1.165) is 17.5 Å². The Morgan fingerprint density at radius 1 is 1.23 bits per heavy atom. The summed E-state index contributed by atoms with van der Waals surface area (Å²) in [7, 11) is 0. The number of carboxylic acid groups (broad SMARTS) is 1. The molecule has 136 valence electrons. The minimum absolute atomic E-state index is 0.142. The summed E-state index contributed by atoms with van der Waals surface area (Å²) in [6.07, 6.45) is -0.479. The summed E-state index contributed by atoms with van der Waals surface area (Å²) in [6, 6.07) is 13.0. The Balaban J connectivity index is 1.55. The maximum absolute atomic E-state index is 12.9. The second-order valence-corrected chi connectivity index (χ2v) is 6.45. The number of ether oxygens (including phenoxy) is 1. The van der Waals surface area contributed by atoms with Gasteiger partial charge in [-0.05, 0) is 54.7 Å². The van der Waals surface area contributed by atoms with Crippen molar-refractivity contribution in [3.8, 4) is 5.75 Å². The largest absolute Gasteiger partial charge is 0.478 e. The summed E-state index contributed by atoms with van der Waals surface area (Å²) >= 11 is 0. The number of aryl methyl sites for hydroxylation is 1. The quantitative estimate of drug-likeness (QED) is 0.799. The normalized spacial score (nSPS) is 19.5. The van der Waals surface area contributed by atoms with Crippen LogP contribution in [0.5, 0.6) is 5.75 Å². The number of halogens is 1. The van der Waals surface area contributed by atoms with Gasteiger partial charge in [-0.2, -0.15) is 0 Å². The zero-order chi connectivity index (χ0) is 18.7. The van der Waals surface area contributed by atoms with E-state index in [-0.39, 0.29) is 30.0 Å². The predicted octanol–water partition coefficient (Wildman–Crippen LogP) is 2.89. The molecule has 0 spiro atoms. The van der Waals surface area contributed by atoms with Gasteiger partial charge in [0.05, 0.1) is 6.54 Å². The lowest BCUT2D eigenvalue weighted by Crippen LogP contribution is -2.41. The number of hydrogen-bond acceptors (Lipinski definition) is 3. The molecule has 1 aliphatic rings. The molecule has 0 aromatic heterocycles. The number of hydrogen-bond donors (Lipinski definition) is 2. The molecule has 0 heterocycles. The first kappa shape index (κ1) is 17.9. The van der Waals surface area contributed by atoms with Gasteiger partial charge < -0.3 is 15.2 Å². The Labute approximate surface area is 150 Å². The van der Waals surface area contributed by atoms with E-state index in [1.807, 2.05) is 31.2 Å². The van der Waals surface area contributed by atoms with Crippen LogP contribution in [-0.4, -0.2) is 29.6 Å². The maximum Gasteiger partial charge on any atom is 0.346 e. The number of carboxylic acids is 1. The Kier molecular flexibility index (Phi) is 5.21. The van der Waals surface area contributed by atoms with E-state index in [9.17, 15) is 19.1 Å². The molecule has 26 heavy (non-hydrogen) atoms. The number of carbonyl (C=O) groups is 2. The third kappa shape index (κ3) is 4.20. The SMILES string of the molecule is Cc1ccccc1C1CC1C(=O)NCC(Oc1ccc(F)cc1)C(=O)O. The van der Waals surface area contributed by atoms with E-state index in [1.165, 1.54) is 24.3 Å². The van der Waals surface area contributed by atoms with E-state index < -0.39 is 17.9 Å². The van der Waals surface area contributed by atoms with Gasteiger partial charge in [0.1, 0.15) is 11.6 Å². The minimum atomic E-state index is -1.24. The molecule has 1 saturated carbocycles. The first-order valence-electron chi connectivity index (χ1n) is 8.44. The first-order chi connectivity index (χ1) is 12.5. The fourth-order valence-electron chi connectivity index (χ4n) is 3.01. The van der Waals surface area contributed by atoms with Crippen LogP contribution in [-0.2, 0) is 9.59 Å². The highest BCUT2D eigenvalue weighted by Gasteiger charge is 2.44. The lowest BCUT2D eigenvalue weighted by molar-refractivity contribution is -0.145. The van der Waals surface area contributed by atoms with E-state index >= 15 is 0 Å². The van der Waals surface area contributed by atoms with Crippen LogP contribution in [0, 0.1) is 18.7 Å². The Morgan fingerprint density at radius 2 is 1.92 bits per heavy atom. The average molecular weight is 357 g/mol. The number of aliphatic carboxylic acids is 1. The molecule has 1 amide bonds. The highest BCUT2D eigenvalue weighted by Crippen LogP contribution is 2.48. The molecule has 2 aromatic carbocycles. The molecule has 0 aliphatic heterocycles. The highest BCUT2D eigenvalue weighted by atomic mass is 19.1. The molecule has 6 heteroatoms. The van der Waals surface area contributed by atoms with Crippen LogP contribution >= 0.6 is 0 Å². The van der Waals surface area contributed by atoms with Crippen molar-refractivity contribution in [1.82, 2.24) is 5.32 Å². The van der Waals surface area contributed by atoms with Gasteiger partial charge in [-0.3, -0.25) is 4.79 Å². The number of benzene rings is 2. The monoisotopic (exact) mass is 357 g/mol. The van der Waals surface area contributed by atoms with Gasteiger partial charge in [0.25, 0.3) is 0 Å². The van der Waals surface area contributed by atoms with Gasteiger partial charge in [-0.25, -0.2) is 9.18 Å². The molecule has 0 radical (unpaired) electrons. The van der Waals surface area contributed by atoms with Crippen molar-refractivity contribution in [3.63, 3.8) is 0 Å². The van der Waals surface area contributed by atoms with Crippen molar-refractivity contribution >= 4 is 11.9 Å². The smallest absolute Gasteiger partial charge is 0.346 e. The van der Waals surface area contributed by atoms with Crippen molar-refractivity contribution in [1.29, 1.82) is 0 Å². The molecule has 5 nitrogen and oxygen atoms in total. The molecule has 3 atom stereocenters. The highest BCUT2D eigenvalue weighted by molar-refractivity contribution is 5.84. The van der Waals surface area contributed by atoms with Crippen LogP contribution in [0.1, 0.15) is 23.5 Å². The van der Waals surface area contributed by atoms with E-state index in [4.69, 9.17) is 4.74 Å². The van der Waals surface area contributed by atoms with Crippen molar-refractivity contribution in [2.45, 2.75) is 25.4 Å². The molecule has 2 aromatic rings. The topological polar surface area (TPSA) is 75.6 Å². The molecular weight excluding hydrogens is 337 g/mol. The summed E-state index contributed by atoms with van der Waals surface area (Å²) in [5.74, 6) is -1.53. The minimum Gasteiger partial charge on any atom is -0.478 e. The molecule has 1 aliphatic carbocycles. The van der Waals surface area contributed by atoms with E-state index in [2.05, 4.69) is 5.32 Å².